The Labute approximate surface area is 184 Å². The molecule has 0 fully saturated rings. The lowest BCUT2D eigenvalue weighted by molar-refractivity contribution is -0.149. The molecular weight excluding hydrogens is 420 g/mol. The van der Waals surface area contributed by atoms with Crippen LogP contribution in [0.1, 0.15) is 21.7 Å². The Bertz CT molecular complexity index is 1050. The van der Waals surface area contributed by atoms with E-state index in [4.69, 9.17) is 20.8 Å². The number of ether oxygens (including phenoxy) is 1. The molecule has 0 aliphatic carbocycles. The van der Waals surface area contributed by atoms with Gasteiger partial charge in [-0.15, -0.1) is 0 Å². The van der Waals surface area contributed by atoms with E-state index in [9.17, 15) is 14.4 Å². The lowest BCUT2D eigenvalue weighted by Gasteiger charge is -2.17. The molecule has 1 atom stereocenters. The van der Waals surface area contributed by atoms with Gasteiger partial charge in [0.25, 0.3) is 11.8 Å². The highest BCUT2D eigenvalue weighted by Crippen LogP contribution is 2.20. The first-order valence-electron chi connectivity index (χ1n) is 9.53. The summed E-state index contributed by atoms with van der Waals surface area (Å²) >= 11 is 5.95. The van der Waals surface area contributed by atoms with Crippen molar-refractivity contribution in [1.82, 2.24) is 5.32 Å². The number of anilines is 1. The van der Waals surface area contributed by atoms with Gasteiger partial charge in [0.05, 0.1) is 6.26 Å². The molecule has 2 amide bonds. The number of hydrogen-bond donors (Lipinski definition) is 2. The van der Waals surface area contributed by atoms with Crippen molar-refractivity contribution in [3.8, 4) is 0 Å². The molecule has 0 aliphatic rings. The largest absolute Gasteiger partial charge is 0.459 e. The van der Waals surface area contributed by atoms with Gasteiger partial charge in [0.2, 0.25) is 0 Å². The van der Waals surface area contributed by atoms with Gasteiger partial charge < -0.3 is 19.8 Å². The second-order valence-corrected chi connectivity index (χ2v) is 7.24. The van der Waals surface area contributed by atoms with Gasteiger partial charge in [0.1, 0.15) is 6.04 Å². The molecule has 0 aliphatic heterocycles. The van der Waals surface area contributed by atoms with Crippen LogP contribution in [-0.2, 0) is 20.7 Å². The number of carbonyl (C=O) groups is 3. The fourth-order valence-corrected chi connectivity index (χ4v) is 3.00. The molecule has 3 aromatic rings. The van der Waals surface area contributed by atoms with Crippen molar-refractivity contribution in [2.24, 2.45) is 0 Å². The SMILES string of the molecule is Cc1ccc(Cl)cc1NC(=O)COC(=O)C(Cc1ccccc1)NC(=O)c1ccco1. The van der Waals surface area contributed by atoms with Crippen molar-refractivity contribution in [3.63, 3.8) is 0 Å². The molecule has 8 heteroatoms. The summed E-state index contributed by atoms with van der Waals surface area (Å²) in [7, 11) is 0. The average Bonchev–Trinajstić information content (AvgIpc) is 3.30. The fraction of sp³-hybridized carbons (Fsp3) is 0.174. The summed E-state index contributed by atoms with van der Waals surface area (Å²) in [4.78, 5) is 37.3. The van der Waals surface area contributed by atoms with Gasteiger partial charge >= 0.3 is 5.97 Å². The van der Waals surface area contributed by atoms with E-state index in [1.54, 1.807) is 24.3 Å². The maximum atomic E-state index is 12.7. The van der Waals surface area contributed by atoms with Gasteiger partial charge in [0.15, 0.2) is 12.4 Å². The zero-order valence-electron chi connectivity index (χ0n) is 16.8. The number of carbonyl (C=O) groups excluding carboxylic acids is 3. The van der Waals surface area contributed by atoms with Crippen molar-refractivity contribution in [2.45, 2.75) is 19.4 Å². The highest BCUT2D eigenvalue weighted by molar-refractivity contribution is 6.31. The van der Waals surface area contributed by atoms with Crippen LogP contribution in [0.15, 0.2) is 71.3 Å². The minimum absolute atomic E-state index is 0.0695. The quantitative estimate of drug-likeness (QED) is 0.520. The molecule has 0 saturated carbocycles. The van der Waals surface area contributed by atoms with E-state index in [-0.39, 0.29) is 12.2 Å². The van der Waals surface area contributed by atoms with Crippen LogP contribution in [0.5, 0.6) is 0 Å². The molecule has 1 aromatic heterocycles. The Morgan fingerprint density at radius 3 is 2.55 bits per heavy atom. The number of aryl methyl sites for hydroxylation is 1. The van der Waals surface area contributed by atoms with Gasteiger partial charge in [-0.3, -0.25) is 9.59 Å². The molecule has 0 spiro atoms. The number of rotatable bonds is 8. The number of esters is 1. The summed E-state index contributed by atoms with van der Waals surface area (Å²) in [5, 5.41) is 5.73. The fourth-order valence-electron chi connectivity index (χ4n) is 2.83. The molecule has 2 aromatic carbocycles. The van der Waals surface area contributed by atoms with Gasteiger partial charge in [-0.05, 0) is 42.3 Å². The molecule has 160 valence electrons. The summed E-state index contributed by atoms with van der Waals surface area (Å²) in [6.07, 6.45) is 1.56. The van der Waals surface area contributed by atoms with Crippen molar-refractivity contribution in [1.29, 1.82) is 0 Å². The molecule has 2 N–H and O–H groups in total. The van der Waals surface area contributed by atoms with E-state index < -0.39 is 30.4 Å². The number of nitrogens with one attached hydrogen (secondary N) is 2. The number of furan rings is 1. The molecule has 3 rings (SSSR count). The minimum Gasteiger partial charge on any atom is -0.459 e. The minimum atomic E-state index is -0.999. The highest BCUT2D eigenvalue weighted by atomic mass is 35.5. The Morgan fingerprint density at radius 1 is 1.06 bits per heavy atom. The predicted octanol–water partition coefficient (Wildman–Crippen LogP) is 3.76. The zero-order valence-corrected chi connectivity index (χ0v) is 17.5. The summed E-state index contributed by atoms with van der Waals surface area (Å²) in [6.45, 7) is 1.31. The monoisotopic (exact) mass is 440 g/mol. The first kappa shape index (κ1) is 22.1. The van der Waals surface area contributed by atoms with Crippen LogP contribution in [0, 0.1) is 6.92 Å². The van der Waals surface area contributed by atoms with E-state index in [1.807, 2.05) is 37.3 Å². The van der Waals surface area contributed by atoms with Gasteiger partial charge in [-0.2, -0.15) is 0 Å². The second-order valence-electron chi connectivity index (χ2n) is 6.81. The number of benzene rings is 2. The number of amides is 2. The van der Waals surface area contributed by atoms with E-state index in [1.165, 1.54) is 12.3 Å². The molecule has 31 heavy (non-hydrogen) atoms. The van der Waals surface area contributed by atoms with E-state index in [2.05, 4.69) is 10.6 Å². The molecule has 0 radical (unpaired) electrons. The molecule has 7 nitrogen and oxygen atoms in total. The molecule has 0 saturated heterocycles. The topological polar surface area (TPSA) is 97.6 Å². The second kappa shape index (κ2) is 10.4. The first-order chi connectivity index (χ1) is 14.9. The maximum absolute atomic E-state index is 12.7. The lowest BCUT2D eigenvalue weighted by atomic mass is 10.1. The predicted molar refractivity (Wildman–Crippen MR) is 116 cm³/mol. The van der Waals surface area contributed by atoms with Crippen LogP contribution < -0.4 is 10.6 Å². The van der Waals surface area contributed by atoms with E-state index in [0.717, 1.165) is 11.1 Å². The van der Waals surface area contributed by atoms with Crippen LogP contribution in [-0.4, -0.2) is 30.4 Å². The molecular formula is C23H21ClN2O5. The van der Waals surface area contributed by atoms with E-state index in [0.29, 0.717) is 10.7 Å². The number of halogens is 1. The highest BCUT2D eigenvalue weighted by Gasteiger charge is 2.25. The smallest absolute Gasteiger partial charge is 0.329 e. The normalized spacial score (nSPS) is 11.4. The standard InChI is InChI=1S/C23H21ClN2O5/c1-15-9-10-17(24)13-18(15)25-21(27)14-31-23(29)19(12-16-6-3-2-4-7-16)26-22(28)20-8-5-11-30-20/h2-11,13,19H,12,14H2,1H3,(H,25,27)(H,26,28). The van der Waals surface area contributed by atoms with Crippen LogP contribution in [0.4, 0.5) is 5.69 Å². The van der Waals surface area contributed by atoms with Gasteiger partial charge in [-0.25, -0.2) is 4.79 Å². The van der Waals surface area contributed by atoms with Crippen molar-refractivity contribution in [3.05, 3.63) is 88.8 Å². The molecule has 1 unspecified atom stereocenters. The van der Waals surface area contributed by atoms with Crippen LogP contribution >= 0.6 is 11.6 Å². The van der Waals surface area contributed by atoms with Crippen molar-refractivity contribution in [2.75, 3.05) is 11.9 Å². The van der Waals surface area contributed by atoms with Crippen molar-refractivity contribution < 1.29 is 23.5 Å². The van der Waals surface area contributed by atoms with Crippen LogP contribution in [0.25, 0.3) is 0 Å². The Morgan fingerprint density at radius 2 is 1.84 bits per heavy atom. The Kier molecular flexibility index (Phi) is 7.45. The first-order valence-corrected chi connectivity index (χ1v) is 9.91. The summed E-state index contributed by atoms with van der Waals surface area (Å²) in [5.41, 5.74) is 2.17. The van der Waals surface area contributed by atoms with Crippen LogP contribution in [0.3, 0.4) is 0 Å². The van der Waals surface area contributed by atoms with E-state index >= 15 is 0 Å². The average molecular weight is 441 g/mol. The maximum Gasteiger partial charge on any atom is 0.329 e. The van der Waals surface area contributed by atoms with Gasteiger partial charge in [0, 0.05) is 17.1 Å². The molecule has 0 bridgehead atoms. The summed E-state index contributed by atoms with van der Waals surface area (Å²) < 4.78 is 10.2. The molecule has 1 heterocycles. The zero-order chi connectivity index (χ0) is 22.2. The lowest BCUT2D eigenvalue weighted by Crippen LogP contribution is -2.44. The third-order valence-corrected chi connectivity index (χ3v) is 4.67. The summed E-state index contributed by atoms with van der Waals surface area (Å²) in [6, 6.07) is 16.3. The Hall–Kier alpha value is -3.58. The summed E-state index contributed by atoms with van der Waals surface area (Å²) in [5.74, 6) is -1.74. The van der Waals surface area contributed by atoms with Crippen molar-refractivity contribution >= 4 is 35.1 Å². The third-order valence-electron chi connectivity index (χ3n) is 4.44. The third kappa shape index (κ3) is 6.45. The Balaban J connectivity index is 1.63. The van der Waals surface area contributed by atoms with Gasteiger partial charge in [-0.1, -0.05) is 48.0 Å². The van der Waals surface area contributed by atoms with Crippen LogP contribution in [0.2, 0.25) is 5.02 Å². The number of hydrogen-bond acceptors (Lipinski definition) is 5.